The summed E-state index contributed by atoms with van der Waals surface area (Å²) in [5.74, 6) is 0.408. The number of halogens is 3. The SMILES string of the molecule is Cl.Cl.Nc1ncnc2c1c(I)cn2[C@@H]1C[C@H](N)[C@@H](O)[C@H]1O. The van der Waals surface area contributed by atoms with E-state index in [2.05, 4.69) is 32.6 Å². The fourth-order valence-corrected chi connectivity index (χ4v) is 3.45. The van der Waals surface area contributed by atoms with Crippen molar-refractivity contribution in [1.82, 2.24) is 14.5 Å². The summed E-state index contributed by atoms with van der Waals surface area (Å²) in [5, 5.41) is 20.6. The zero-order valence-corrected chi connectivity index (χ0v) is 14.5. The average molecular weight is 448 g/mol. The average Bonchev–Trinajstić information content (AvgIpc) is 2.83. The van der Waals surface area contributed by atoms with Crippen LogP contribution >= 0.6 is 47.4 Å². The summed E-state index contributed by atoms with van der Waals surface area (Å²) in [6.45, 7) is 0. The Balaban J connectivity index is 0.00000110. The molecular weight excluding hydrogens is 432 g/mol. The molecule has 6 N–H and O–H groups in total. The molecule has 2 heterocycles. The zero-order valence-electron chi connectivity index (χ0n) is 10.8. The summed E-state index contributed by atoms with van der Waals surface area (Å²) in [7, 11) is 0. The topological polar surface area (TPSA) is 123 Å². The van der Waals surface area contributed by atoms with E-state index in [9.17, 15) is 10.2 Å². The molecule has 10 heteroatoms. The van der Waals surface area contributed by atoms with Gasteiger partial charge in [0, 0.05) is 15.8 Å². The molecule has 0 amide bonds. The second-order valence-electron chi connectivity index (χ2n) is 4.79. The molecule has 1 aliphatic rings. The molecule has 7 nitrogen and oxygen atoms in total. The van der Waals surface area contributed by atoms with Crippen molar-refractivity contribution >= 4 is 64.3 Å². The van der Waals surface area contributed by atoms with Crippen molar-refractivity contribution in [3.8, 4) is 0 Å². The summed E-state index contributed by atoms with van der Waals surface area (Å²) in [6.07, 6.45) is 1.92. The molecule has 0 aromatic carbocycles. The third-order valence-corrected chi connectivity index (χ3v) is 4.46. The van der Waals surface area contributed by atoms with Crippen LogP contribution in [0.3, 0.4) is 0 Å². The number of rotatable bonds is 1. The Kier molecular flexibility index (Phi) is 6.04. The van der Waals surface area contributed by atoms with Crippen LogP contribution in [-0.2, 0) is 0 Å². The summed E-state index contributed by atoms with van der Waals surface area (Å²) in [6, 6.07) is -0.736. The van der Waals surface area contributed by atoms with Crippen LogP contribution < -0.4 is 11.5 Å². The highest BCUT2D eigenvalue weighted by Gasteiger charge is 2.41. The van der Waals surface area contributed by atoms with Gasteiger partial charge >= 0.3 is 0 Å². The van der Waals surface area contributed by atoms with Gasteiger partial charge in [0.05, 0.1) is 17.5 Å². The van der Waals surface area contributed by atoms with Crippen LogP contribution in [0.5, 0.6) is 0 Å². The number of hydrogen-bond donors (Lipinski definition) is 4. The molecule has 1 fully saturated rings. The first kappa shape index (κ1) is 18.7. The maximum Gasteiger partial charge on any atom is 0.146 e. The number of anilines is 1. The van der Waals surface area contributed by atoms with Crippen LogP contribution in [0.25, 0.3) is 11.0 Å². The molecule has 0 radical (unpaired) electrons. The van der Waals surface area contributed by atoms with E-state index in [1.54, 1.807) is 0 Å². The molecular formula is C11H16Cl2IN5O2. The van der Waals surface area contributed by atoms with Crippen LogP contribution in [0.1, 0.15) is 12.5 Å². The van der Waals surface area contributed by atoms with Gasteiger partial charge in [0.25, 0.3) is 0 Å². The summed E-state index contributed by atoms with van der Waals surface area (Å²) in [4.78, 5) is 8.19. The van der Waals surface area contributed by atoms with Crippen LogP contribution in [0.2, 0.25) is 0 Å². The molecule has 3 rings (SSSR count). The van der Waals surface area contributed by atoms with Gasteiger partial charge in [-0.1, -0.05) is 0 Å². The molecule has 0 unspecified atom stereocenters. The molecule has 118 valence electrons. The van der Waals surface area contributed by atoms with Crippen LogP contribution in [0.4, 0.5) is 5.82 Å². The van der Waals surface area contributed by atoms with Gasteiger partial charge in [-0.25, -0.2) is 9.97 Å². The van der Waals surface area contributed by atoms with Gasteiger partial charge in [-0.2, -0.15) is 0 Å². The minimum absolute atomic E-state index is 0. The van der Waals surface area contributed by atoms with Gasteiger partial charge in [-0.15, -0.1) is 24.8 Å². The summed E-state index contributed by atoms with van der Waals surface area (Å²) in [5.41, 5.74) is 12.3. The lowest BCUT2D eigenvalue weighted by Gasteiger charge is -2.18. The zero-order chi connectivity index (χ0) is 13.7. The lowest BCUT2D eigenvalue weighted by molar-refractivity contribution is 0.0187. The molecule has 0 bridgehead atoms. The van der Waals surface area contributed by atoms with Crippen molar-refractivity contribution in [1.29, 1.82) is 0 Å². The van der Waals surface area contributed by atoms with Gasteiger partial charge in [-0.05, 0) is 29.0 Å². The number of hydrogen-bond acceptors (Lipinski definition) is 6. The Bertz CT molecular complexity index is 640. The van der Waals surface area contributed by atoms with Crippen molar-refractivity contribution in [3.05, 3.63) is 16.1 Å². The number of aliphatic hydroxyl groups is 2. The summed E-state index contributed by atoms with van der Waals surface area (Å²) < 4.78 is 2.74. The minimum atomic E-state index is -0.917. The summed E-state index contributed by atoms with van der Waals surface area (Å²) >= 11 is 2.15. The maximum atomic E-state index is 10.1. The Morgan fingerprint density at radius 2 is 1.90 bits per heavy atom. The van der Waals surface area contributed by atoms with E-state index < -0.39 is 18.2 Å². The van der Waals surface area contributed by atoms with Crippen LogP contribution in [-0.4, -0.2) is 43.0 Å². The number of fused-ring (bicyclic) bond motifs is 1. The fourth-order valence-electron chi connectivity index (χ4n) is 2.63. The Morgan fingerprint density at radius 1 is 1.24 bits per heavy atom. The van der Waals surface area contributed by atoms with Crippen molar-refractivity contribution < 1.29 is 10.2 Å². The number of nitrogens with zero attached hydrogens (tertiary/aromatic N) is 3. The van der Waals surface area contributed by atoms with Crippen molar-refractivity contribution in [3.63, 3.8) is 0 Å². The monoisotopic (exact) mass is 447 g/mol. The van der Waals surface area contributed by atoms with E-state index in [1.807, 2.05) is 10.8 Å². The van der Waals surface area contributed by atoms with E-state index >= 15 is 0 Å². The molecule has 2 aromatic heterocycles. The van der Waals surface area contributed by atoms with E-state index in [-0.39, 0.29) is 30.9 Å². The first-order valence-electron chi connectivity index (χ1n) is 5.89. The molecule has 21 heavy (non-hydrogen) atoms. The van der Waals surface area contributed by atoms with Gasteiger partial charge in [0.15, 0.2) is 0 Å². The van der Waals surface area contributed by atoms with E-state index in [4.69, 9.17) is 11.5 Å². The van der Waals surface area contributed by atoms with Gasteiger partial charge in [-0.3, -0.25) is 0 Å². The molecule has 0 spiro atoms. The lowest BCUT2D eigenvalue weighted by Crippen LogP contribution is -2.35. The number of nitrogen functional groups attached to an aromatic ring is 1. The maximum absolute atomic E-state index is 10.1. The normalized spacial score (nSPS) is 28.2. The second-order valence-corrected chi connectivity index (χ2v) is 5.95. The van der Waals surface area contributed by atoms with Crippen LogP contribution in [0, 0.1) is 3.57 Å². The van der Waals surface area contributed by atoms with Gasteiger partial charge < -0.3 is 26.2 Å². The molecule has 1 aliphatic carbocycles. The third kappa shape index (κ3) is 2.92. The number of nitrogens with two attached hydrogens (primary N) is 2. The Morgan fingerprint density at radius 3 is 2.48 bits per heavy atom. The molecule has 2 aromatic rings. The molecule has 0 saturated heterocycles. The predicted molar refractivity (Wildman–Crippen MR) is 92.8 cm³/mol. The minimum Gasteiger partial charge on any atom is -0.389 e. The Labute approximate surface area is 147 Å². The Hall–Kier alpha value is -0.390. The highest BCUT2D eigenvalue weighted by atomic mass is 127. The van der Waals surface area contributed by atoms with Crippen molar-refractivity contribution in [2.24, 2.45) is 5.73 Å². The first-order chi connectivity index (χ1) is 9.00. The highest BCUT2D eigenvalue weighted by molar-refractivity contribution is 14.1. The molecule has 1 saturated carbocycles. The smallest absolute Gasteiger partial charge is 0.146 e. The van der Waals surface area contributed by atoms with Gasteiger partial charge in [0.2, 0.25) is 0 Å². The van der Waals surface area contributed by atoms with Crippen LogP contribution in [0.15, 0.2) is 12.5 Å². The van der Waals surface area contributed by atoms with E-state index in [0.717, 1.165) is 8.96 Å². The van der Waals surface area contributed by atoms with Gasteiger partial charge in [0.1, 0.15) is 23.9 Å². The van der Waals surface area contributed by atoms with E-state index in [0.29, 0.717) is 17.9 Å². The number of aliphatic hydroxyl groups excluding tert-OH is 2. The van der Waals surface area contributed by atoms with E-state index in [1.165, 1.54) is 6.33 Å². The fraction of sp³-hybridized carbons (Fsp3) is 0.455. The van der Waals surface area contributed by atoms with Crippen molar-refractivity contribution in [2.75, 3.05) is 5.73 Å². The quantitative estimate of drug-likeness (QED) is 0.471. The lowest BCUT2D eigenvalue weighted by atomic mass is 10.2. The predicted octanol–water partition coefficient (Wildman–Crippen LogP) is 0.456. The largest absolute Gasteiger partial charge is 0.389 e. The van der Waals surface area contributed by atoms with Crippen molar-refractivity contribution in [2.45, 2.75) is 30.7 Å². The first-order valence-corrected chi connectivity index (χ1v) is 6.96. The second kappa shape index (κ2) is 6.80. The standard InChI is InChI=1S/C11H14IN5O2.2ClH/c12-4-2-17(6-1-5(13)8(18)9(6)19)11-7(4)10(14)15-3-16-11;;/h2-3,5-6,8-9,18-19H,1,13H2,(H2,14,15,16);2*1H/t5-,6+,8+,9-;;/m0../s1. The molecule has 4 atom stereocenters. The highest BCUT2D eigenvalue weighted by Crippen LogP contribution is 2.35. The third-order valence-electron chi connectivity index (χ3n) is 3.65. The molecule has 0 aliphatic heterocycles. The number of aromatic nitrogens is 3.